The molecule has 18 heavy (non-hydrogen) atoms. The van der Waals surface area contributed by atoms with E-state index in [0.717, 1.165) is 17.2 Å². The third-order valence-corrected chi connectivity index (χ3v) is 3.11. The Kier molecular flexibility index (Phi) is 2.40. The summed E-state index contributed by atoms with van der Waals surface area (Å²) in [6, 6.07) is 6.71. The predicted molar refractivity (Wildman–Crippen MR) is 65.4 cm³/mol. The lowest BCUT2D eigenvalue weighted by Crippen LogP contribution is -1.97. The first-order valence-corrected chi connectivity index (χ1v) is 5.90. The number of carbonyl (C=O) groups is 1. The molecule has 1 N–H and O–H groups in total. The Morgan fingerprint density at radius 2 is 2.00 bits per heavy atom. The Bertz CT molecular complexity index is 597. The summed E-state index contributed by atoms with van der Waals surface area (Å²) in [6.07, 6.45) is 2.34. The molecule has 1 aromatic heterocycles. The van der Waals surface area contributed by atoms with E-state index in [4.69, 9.17) is 5.11 Å². The summed E-state index contributed by atoms with van der Waals surface area (Å²) in [5.41, 5.74) is 1.17. The molecule has 0 amide bonds. The van der Waals surface area contributed by atoms with E-state index in [0.29, 0.717) is 5.92 Å². The van der Waals surface area contributed by atoms with Crippen LogP contribution in [0.15, 0.2) is 24.3 Å². The molecule has 1 aliphatic carbocycles. The van der Waals surface area contributed by atoms with Gasteiger partial charge in [0.1, 0.15) is 0 Å². The van der Waals surface area contributed by atoms with Crippen molar-refractivity contribution in [2.24, 2.45) is 7.05 Å². The average molecular weight is 243 g/mol. The topological polar surface area (TPSA) is 68.0 Å². The van der Waals surface area contributed by atoms with Crippen LogP contribution in [0.2, 0.25) is 0 Å². The number of carboxylic acids is 1. The number of aromatic nitrogens is 3. The molecule has 0 aliphatic heterocycles. The van der Waals surface area contributed by atoms with E-state index in [1.54, 1.807) is 28.9 Å². The van der Waals surface area contributed by atoms with Crippen LogP contribution in [-0.4, -0.2) is 25.8 Å². The molecule has 2 aromatic rings. The summed E-state index contributed by atoms with van der Waals surface area (Å²) >= 11 is 0. The quantitative estimate of drug-likeness (QED) is 0.895. The van der Waals surface area contributed by atoms with Gasteiger partial charge in [-0.05, 0) is 25.0 Å². The summed E-state index contributed by atoms with van der Waals surface area (Å²) in [5, 5.41) is 13.2. The van der Waals surface area contributed by atoms with Gasteiger partial charge in [0.05, 0.1) is 5.56 Å². The molecule has 0 spiro atoms. The van der Waals surface area contributed by atoms with E-state index in [1.165, 1.54) is 12.8 Å². The summed E-state index contributed by atoms with van der Waals surface area (Å²) in [5.74, 6) is 1.28. The van der Waals surface area contributed by atoms with Gasteiger partial charge in [-0.1, -0.05) is 12.1 Å². The fourth-order valence-corrected chi connectivity index (χ4v) is 1.93. The first kappa shape index (κ1) is 11.0. The summed E-state index contributed by atoms with van der Waals surface area (Å²) in [6.45, 7) is 0. The molecule has 0 unspecified atom stereocenters. The molecule has 0 atom stereocenters. The Morgan fingerprint density at radius 1 is 1.33 bits per heavy atom. The number of nitrogens with zero attached hydrogens (tertiary/aromatic N) is 3. The van der Waals surface area contributed by atoms with Crippen molar-refractivity contribution >= 4 is 5.97 Å². The van der Waals surface area contributed by atoms with E-state index in [-0.39, 0.29) is 5.56 Å². The van der Waals surface area contributed by atoms with Crippen LogP contribution in [0.5, 0.6) is 0 Å². The number of benzene rings is 1. The number of carboxylic acid groups (broad SMARTS) is 1. The maximum absolute atomic E-state index is 10.8. The third kappa shape index (κ3) is 1.88. The molecule has 3 rings (SSSR count). The standard InChI is InChI=1S/C13H13N3O2/c1-16-12(14-11(15-16)8-2-3-8)9-4-6-10(7-5-9)13(17)18/h4-8H,2-3H2,1H3,(H,17,18). The highest BCUT2D eigenvalue weighted by molar-refractivity contribution is 5.88. The molecule has 0 bridgehead atoms. The van der Waals surface area contributed by atoms with Crippen LogP contribution >= 0.6 is 0 Å². The van der Waals surface area contributed by atoms with Gasteiger partial charge in [-0.2, -0.15) is 5.10 Å². The molecule has 5 nitrogen and oxygen atoms in total. The highest BCUT2D eigenvalue weighted by atomic mass is 16.4. The van der Waals surface area contributed by atoms with E-state index in [1.807, 2.05) is 7.05 Å². The SMILES string of the molecule is Cn1nc(C2CC2)nc1-c1ccc(C(=O)O)cc1. The Hall–Kier alpha value is -2.17. The minimum Gasteiger partial charge on any atom is -0.478 e. The van der Waals surface area contributed by atoms with Crippen molar-refractivity contribution in [3.05, 3.63) is 35.7 Å². The van der Waals surface area contributed by atoms with E-state index in [9.17, 15) is 4.79 Å². The average Bonchev–Trinajstić information content (AvgIpc) is 3.13. The second kappa shape index (κ2) is 3.94. The molecule has 1 heterocycles. The van der Waals surface area contributed by atoms with Crippen molar-refractivity contribution in [2.75, 3.05) is 0 Å². The summed E-state index contributed by atoms with van der Waals surface area (Å²) < 4.78 is 1.75. The lowest BCUT2D eigenvalue weighted by molar-refractivity contribution is 0.0697. The van der Waals surface area contributed by atoms with Crippen molar-refractivity contribution in [1.82, 2.24) is 14.8 Å². The summed E-state index contributed by atoms with van der Waals surface area (Å²) in [7, 11) is 1.86. The lowest BCUT2D eigenvalue weighted by Gasteiger charge is -2.00. The minimum absolute atomic E-state index is 0.281. The van der Waals surface area contributed by atoms with Crippen LogP contribution in [0.1, 0.15) is 34.9 Å². The molecule has 5 heteroatoms. The van der Waals surface area contributed by atoms with Crippen molar-refractivity contribution < 1.29 is 9.90 Å². The zero-order valence-electron chi connectivity index (χ0n) is 10.00. The molecule has 1 aromatic carbocycles. The normalized spacial score (nSPS) is 14.7. The second-order valence-corrected chi connectivity index (χ2v) is 4.57. The Labute approximate surface area is 104 Å². The number of hydrogen-bond donors (Lipinski definition) is 1. The molecule has 0 saturated heterocycles. The van der Waals surface area contributed by atoms with Crippen molar-refractivity contribution in [3.63, 3.8) is 0 Å². The smallest absolute Gasteiger partial charge is 0.335 e. The largest absolute Gasteiger partial charge is 0.478 e. The molecule has 1 saturated carbocycles. The monoisotopic (exact) mass is 243 g/mol. The number of hydrogen-bond acceptors (Lipinski definition) is 3. The van der Waals surface area contributed by atoms with Crippen LogP contribution in [-0.2, 0) is 7.05 Å². The van der Waals surface area contributed by atoms with Gasteiger partial charge < -0.3 is 5.11 Å². The lowest BCUT2D eigenvalue weighted by atomic mass is 10.1. The van der Waals surface area contributed by atoms with Crippen molar-refractivity contribution in [3.8, 4) is 11.4 Å². The maximum Gasteiger partial charge on any atom is 0.335 e. The number of aryl methyl sites for hydroxylation is 1. The van der Waals surface area contributed by atoms with E-state index < -0.39 is 5.97 Å². The highest BCUT2D eigenvalue weighted by Crippen LogP contribution is 2.38. The Balaban J connectivity index is 1.95. The summed E-state index contributed by atoms with van der Waals surface area (Å²) in [4.78, 5) is 15.3. The zero-order chi connectivity index (χ0) is 12.7. The highest BCUT2D eigenvalue weighted by Gasteiger charge is 2.28. The molecule has 1 fully saturated rings. The van der Waals surface area contributed by atoms with E-state index >= 15 is 0 Å². The van der Waals surface area contributed by atoms with Crippen LogP contribution in [0.4, 0.5) is 0 Å². The van der Waals surface area contributed by atoms with Gasteiger partial charge in [0, 0.05) is 18.5 Å². The van der Waals surface area contributed by atoms with Gasteiger partial charge in [-0.15, -0.1) is 0 Å². The Morgan fingerprint density at radius 3 is 2.56 bits per heavy atom. The fourth-order valence-electron chi connectivity index (χ4n) is 1.93. The first-order valence-electron chi connectivity index (χ1n) is 5.90. The predicted octanol–water partition coefficient (Wildman–Crippen LogP) is 2.06. The number of rotatable bonds is 3. The van der Waals surface area contributed by atoms with Crippen molar-refractivity contribution in [1.29, 1.82) is 0 Å². The fraction of sp³-hybridized carbons (Fsp3) is 0.308. The van der Waals surface area contributed by atoms with Gasteiger partial charge in [0.25, 0.3) is 0 Å². The molecule has 0 radical (unpaired) electrons. The minimum atomic E-state index is -0.918. The molecule has 92 valence electrons. The van der Waals surface area contributed by atoms with E-state index in [2.05, 4.69) is 10.1 Å². The zero-order valence-corrected chi connectivity index (χ0v) is 10.00. The second-order valence-electron chi connectivity index (χ2n) is 4.57. The molecular formula is C13H13N3O2. The first-order chi connectivity index (χ1) is 8.65. The van der Waals surface area contributed by atoms with Crippen LogP contribution < -0.4 is 0 Å². The third-order valence-electron chi connectivity index (χ3n) is 3.11. The van der Waals surface area contributed by atoms with Gasteiger partial charge in [-0.25, -0.2) is 14.5 Å². The van der Waals surface area contributed by atoms with Crippen LogP contribution in [0, 0.1) is 0 Å². The maximum atomic E-state index is 10.8. The van der Waals surface area contributed by atoms with Gasteiger partial charge in [0.2, 0.25) is 0 Å². The van der Waals surface area contributed by atoms with Gasteiger partial charge in [0.15, 0.2) is 11.6 Å². The molecule has 1 aliphatic rings. The molecular weight excluding hydrogens is 230 g/mol. The number of aromatic carboxylic acids is 1. The van der Waals surface area contributed by atoms with Gasteiger partial charge >= 0.3 is 5.97 Å². The van der Waals surface area contributed by atoms with Crippen molar-refractivity contribution in [2.45, 2.75) is 18.8 Å². The van der Waals surface area contributed by atoms with Gasteiger partial charge in [-0.3, -0.25) is 0 Å². The van der Waals surface area contributed by atoms with Crippen LogP contribution in [0.25, 0.3) is 11.4 Å². The van der Waals surface area contributed by atoms with Crippen LogP contribution in [0.3, 0.4) is 0 Å².